The summed E-state index contributed by atoms with van der Waals surface area (Å²) >= 11 is 0. The van der Waals surface area contributed by atoms with E-state index in [1.807, 2.05) is 18.2 Å². The van der Waals surface area contributed by atoms with Crippen molar-refractivity contribution in [2.45, 2.75) is 42.5 Å². The Balaban J connectivity index is 1.51. The van der Waals surface area contributed by atoms with E-state index in [1.54, 1.807) is 36.4 Å². The Labute approximate surface area is 231 Å². The lowest BCUT2D eigenvalue weighted by Gasteiger charge is -2.28. The van der Waals surface area contributed by atoms with E-state index in [0.717, 1.165) is 29.3 Å². The third-order valence-electron chi connectivity index (χ3n) is 6.43. The summed E-state index contributed by atoms with van der Waals surface area (Å²) in [5, 5.41) is 6.19. The van der Waals surface area contributed by atoms with Crippen molar-refractivity contribution < 1.29 is 31.1 Å². The van der Waals surface area contributed by atoms with E-state index < -0.39 is 38.6 Å². The fourth-order valence-corrected chi connectivity index (χ4v) is 5.73. The normalized spacial score (nSPS) is 15.9. The van der Waals surface area contributed by atoms with Crippen molar-refractivity contribution in [3.8, 4) is 5.75 Å². The van der Waals surface area contributed by atoms with Crippen LogP contribution in [0, 0.1) is 0 Å². The Morgan fingerprint density at radius 3 is 2.58 bits per heavy atom. The van der Waals surface area contributed by atoms with Crippen molar-refractivity contribution in [2.75, 3.05) is 13.2 Å². The van der Waals surface area contributed by atoms with Gasteiger partial charge in [-0.2, -0.15) is 13.2 Å². The molecule has 0 saturated heterocycles. The lowest BCUT2D eigenvalue weighted by molar-refractivity contribution is -0.137. The van der Waals surface area contributed by atoms with Crippen LogP contribution in [0.15, 0.2) is 90.3 Å². The zero-order valence-electron chi connectivity index (χ0n) is 21.6. The van der Waals surface area contributed by atoms with Gasteiger partial charge in [0, 0.05) is 31.5 Å². The van der Waals surface area contributed by atoms with Crippen molar-refractivity contribution in [1.82, 2.24) is 15.4 Å². The van der Waals surface area contributed by atoms with E-state index in [-0.39, 0.29) is 12.5 Å². The Kier molecular flexibility index (Phi) is 9.28. The smallest absolute Gasteiger partial charge is 0.416 e. The molecule has 0 fully saturated rings. The second-order valence-electron chi connectivity index (χ2n) is 9.36. The van der Waals surface area contributed by atoms with E-state index in [2.05, 4.69) is 21.9 Å². The Bertz CT molecular complexity index is 1450. The average molecular weight is 574 g/mol. The minimum absolute atomic E-state index is 0.265. The first kappa shape index (κ1) is 29.3. The molecule has 212 valence electrons. The van der Waals surface area contributed by atoms with Crippen LogP contribution in [0.2, 0.25) is 0 Å². The number of carbonyl (C=O) groups excluding carboxylic acids is 1. The second kappa shape index (κ2) is 12.7. The summed E-state index contributed by atoms with van der Waals surface area (Å²) < 4.78 is 74.1. The number of carbonyl (C=O) groups is 1. The molecule has 0 radical (unpaired) electrons. The summed E-state index contributed by atoms with van der Waals surface area (Å²) in [7, 11) is -4.39. The summed E-state index contributed by atoms with van der Waals surface area (Å²) in [6, 6.07) is 16.3. The van der Waals surface area contributed by atoms with Gasteiger partial charge in [0.1, 0.15) is 5.75 Å². The van der Waals surface area contributed by atoms with E-state index in [9.17, 15) is 26.4 Å². The van der Waals surface area contributed by atoms with Crippen LogP contribution >= 0.6 is 0 Å². The molecule has 3 aromatic carbocycles. The topological polar surface area (TPSA) is 96.5 Å². The van der Waals surface area contributed by atoms with Gasteiger partial charge >= 0.3 is 6.18 Å². The monoisotopic (exact) mass is 573 g/mol. The third-order valence-corrected chi connectivity index (χ3v) is 7.90. The number of hydrogen-bond acceptors (Lipinski definition) is 5. The molecule has 0 aliphatic carbocycles. The minimum Gasteiger partial charge on any atom is -0.493 e. The molecule has 11 heteroatoms. The maximum absolute atomic E-state index is 13.2. The van der Waals surface area contributed by atoms with Gasteiger partial charge in [0.15, 0.2) is 0 Å². The number of ether oxygens (including phenoxy) is 1. The number of hydrogen-bond donors (Lipinski definition) is 3. The summed E-state index contributed by atoms with van der Waals surface area (Å²) in [5.74, 6) is 0.245. The molecule has 3 N–H and O–H groups in total. The molecule has 40 heavy (non-hydrogen) atoms. The zero-order chi connectivity index (χ0) is 28.8. The molecule has 1 heterocycles. The molecule has 1 aliphatic rings. The summed E-state index contributed by atoms with van der Waals surface area (Å²) in [5.41, 5.74) is 1.24. The Hall–Kier alpha value is -3.67. The van der Waals surface area contributed by atoms with Gasteiger partial charge in [0.05, 0.1) is 29.1 Å². The van der Waals surface area contributed by atoms with Crippen molar-refractivity contribution in [3.05, 3.63) is 108 Å². The van der Waals surface area contributed by atoms with Crippen molar-refractivity contribution in [1.29, 1.82) is 0 Å². The number of alkyl halides is 3. The highest BCUT2D eigenvalue weighted by atomic mass is 32.2. The molecule has 0 aromatic heterocycles. The van der Waals surface area contributed by atoms with E-state index in [4.69, 9.17) is 4.74 Å². The second-order valence-corrected chi connectivity index (χ2v) is 11.1. The summed E-state index contributed by atoms with van der Waals surface area (Å²) in [6.07, 6.45) is -2.67. The van der Waals surface area contributed by atoms with Crippen LogP contribution in [0.3, 0.4) is 0 Å². The highest BCUT2D eigenvalue weighted by Crippen LogP contribution is 2.34. The molecule has 0 saturated carbocycles. The summed E-state index contributed by atoms with van der Waals surface area (Å²) in [4.78, 5) is 12.7. The Morgan fingerprint density at radius 2 is 1.85 bits per heavy atom. The molecule has 0 spiro atoms. The molecule has 2 unspecified atom stereocenters. The number of benzene rings is 3. The molecule has 1 amide bonds. The first-order valence-electron chi connectivity index (χ1n) is 12.7. The molecule has 0 bridgehead atoms. The van der Waals surface area contributed by atoms with Crippen LogP contribution in [0.4, 0.5) is 13.2 Å². The number of fused-ring (bicyclic) bond motifs is 1. The molecule has 7 nitrogen and oxygen atoms in total. The highest BCUT2D eigenvalue weighted by Gasteiger charge is 2.33. The van der Waals surface area contributed by atoms with E-state index in [0.29, 0.717) is 43.5 Å². The standard InChI is InChI=1S/C29H30F3N3O4S/c1-2-14-33-19-20-11-12-24-25(13-15-39-27(24)16-20)34-28(36)18-26(21-7-4-3-5-8-21)35-40(37,38)23-10-6-9-22(17-23)29(30,31)32/h2-12,16-17,25-26,33,35H,1,13-15,18-19H2,(H,34,36). The van der Waals surface area contributed by atoms with Gasteiger partial charge in [0.2, 0.25) is 15.9 Å². The van der Waals surface area contributed by atoms with Crippen LogP contribution in [0.5, 0.6) is 5.75 Å². The van der Waals surface area contributed by atoms with Crippen LogP contribution in [0.25, 0.3) is 0 Å². The highest BCUT2D eigenvalue weighted by molar-refractivity contribution is 7.89. The third kappa shape index (κ3) is 7.50. The molecule has 3 aromatic rings. The number of rotatable bonds is 11. The number of nitrogens with one attached hydrogen (secondary N) is 3. The van der Waals surface area contributed by atoms with Crippen molar-refractivity contribution in [3.63, 3.8) is 0 Å². The van der Waals surface area contributed by atoms with Gasteiger partial charge in [-0.25, -0.2) is 13.1 Å². The maximum Gasteiger partial charge on any atom is 0.416 e. The first-order chi connectivity index (χ1) is 19.1. The number of sulfonamides is 1. The van der Waals surface area contributed by atoms with Gasteiger partial charge in [-0.1, -0.05) is 54.6 Å². The van der Waals surface area contributed by atoms with Crippen LogP contribution in [-0.2, 0) is 27.5 Å². The number of halogens is 3. The zero-order valence-corrected chi connectivity index (χ0v) is 22.4. The van der Waals surface area contributed by atoms with E-state index in [1.165, 1.54) is 0 Å². The van der Waals surface area contributed by atoms with Gasteiger partial charge in [-0.05, 0) is 35.4 Å². The van der Waals surface area contributed by atoms with E-state index >= 15 is 0 Å². The van der Waals surface area contributed by atoms with Gasteiger partial charge in [-0.15, -0.1) is 6.58 Å². The van der Waals surface area contributed by atoms with Crippen LogP contribution < -0.4 is 20.1 Å². The largest absolute Gasteiger partial charge is 0.493 e. The molecular formula is C29H30F3N3O4S. The molecule has 1 aliphatic heterocycles. The maximum atomic E-state index is 13.2. The lowest BCUT2D eigenvalue weighted by Crippen LogP contribution is -2.36. The van der Waals surface area contributed by atoms with Gasteiger partial charge in [0.25, 0.3) is 0 Å². The molecule has 2 atom stereocenters. The number of amides is 1. The fourth-order valence-electron chi connectivity index (χ4n) is 4.46. The predicted octanol–water partition coefficient (Wildman–Crippen LogP) is 5.03. The Morgan fingerprint density at radius 1 is 1.07 bits per heavy atom. The summed E-state index contributed by atoms with van der Waals surface area (Å²) in [6.45, 7) is 5.37. The SMILES string of the molecule is C=CCNCc1ccc2c(c1)OCCC2NC(=O)CC(NS(=O)(=O)c1cccc(C(F)(F)F)c1)c1ccccc1. The quantitative estimate of drug-likeness (QED) is 0.221. The van der Waals surface area contributed by atoms with Crippen LogP contribution in [-0.4, -0.2) is 27.5 Å². The fraction of sp³-hybridized carbons (Fsp3) is 0.276. The van der Waals surface area contributed by atoms with Crippen molar-refractivity contribution in [2.24, 2.45) is 0 Å². The van der Waals surface area contributed by atoms with Crippen molar-refractivity contribution >= 4 is 15.9 Å². The predicted molar refractivity (Wildman–Crippen MR) is 145 cm³/mol. The molecular weight excluding hydrogens is 543 g/mol. The van der Waals surface area contributed by atoms with Gasteiger partial charge in [-0.3, -0.25) is 4.79 Å². The molecule has 4 rings (SSSR count). The first-order valence-corrected chi connectivity index (χ1v) is 14.2. The average Bonchev–Trinajstić information content (AvgIpc) is 2.93. The van der Waals surface area contributed by atoms with Gasteiger partial charge < -0.3 is 15.4 Å². The minimum atomic E-state index is -4.70. The van der Waals surface area contributed by atoms with Crippen LogP contribution in [0.1, 0.15) is 47.2 Å². The lowest BCUT2D eigenvalue weighted by atomic mass is 9.98.